The number of fused-ring (bicyclic) bond motifs is 1. The third-order valence-electron chi connectivity index (χ3n) is 3.18. The van der Waals surface area contributed by atoms with Crippen LogP contribution in [0.15, 0.2) is 47.1 Å². The Bertz CT molecular complexity index is 337. The molecule has 0 heteroatoms. The molecule has 0 saturated heterocycles. The SMILES string of the molecule is CCCCCCC1=CC=C2C=CCC=C21. The summed E-state index contributed by atoms with van der Waals surface area (Å²) in [5, 5.41) is 0. The Balaban J connectivity index is 1.84. The standard InChI is InChI=1S/C15H20/c1-2-3-4-5-8-13-11-12-14-9-6-7-10-15(13)14/h6,9-12H,2-5,7-8H2,1H3. The highest BCUT2D eigenvalue weighted by molar-refractivity contribution is 5.60. The summed E-state index contributed by atoms with van der Waals surface area (Å²) < 4.78 is 0. The zero-order valence-corrected chi connectivity index (χ0v) is 9.63. The van der Waals surface area contributed by atoms with E-state index in [0.717, 1.165) is 6.42 Å². The fourth-order valence-corrected chi connectivity index (χ4v) is 2.29. The quantitative estimate of drug-likeness (QED) is 0.564. The molecule has 0 aromatic heterocycles. The van der Waals surface area contributed by atoms with Crippen LogP contribution < -0.4 is 0 Å². The molecule has 0 spiro atoms. The molecule has 0 aliphatic heterocycles. The average molecular weight is 200 g/mol. The predicted octanol–water partition coefficient (Wildman–Crippen LogP) is 4.71. The van der Waals surface area contributed by atoms with Crippen LogP contribution in [0.2, 0.25) is 0 Å². The molecule has 2 aliphatic carbocycles. The molecule has 0 nitrogen and oxygen atoms in total. The van der Waals surface area contributed by atoms with E-state index in [-0.39, 0.29) is 0 Å². The molecule has 0 fully saturated rings. The summed E-state index contributed by atoms with van der Waals surface area (Å²) in [6, 6.07) is 0. The van der Waals surface area contributed by atoms with Crippen LogP contribution in [0.1, 0.15) is 45.4 Å². The van der Waals surface area contributed by atoms with Crippen molar-refractivity contribution in [3.05, 3.63) is 47.1 Å². The molecule has 0 amide bonds. The second kappa shape index (κ2) is 5.16. The molecule has 0 atom stereocenters. The summed E-state index contributed by atoms with van der Waals surface area (Å²) in [7, 11) is 0. The minimum absolute atomic E-state index is 1.11. The summed E-state index contributed by atoms with van der Waals surface area (Å²) in [6.07, 6.45) is 19.2. The van der Waals surface area contributed by atoms with E-state index >= 15 is 0 Å². The second-order valence-electron chi connectivity index (χ2n) is 4.38. The van der Waals surface area contributed by atoms with Crippen molar-refractivity contribution >= 4 is 0 Å². The van der Waals surface area contributed by atoms with E-state index in [2.05, 4.69) is 37.3 Å². The van der Waals surface area contributed by atoms with Gasteiger partial charge in [0.2, 0.25) is 0 Å². The highest BCUT2D eigenvalue weighted by atomic mass is 14.2. The van der Waals surface area contributed by atoms with Gasteiger partial charge in [-0.3, -0.25) is 0 Å². The van der Waals surface area contributed by atoms with Crippen LogP contribution in [0.5, 0.6) is 0 Å². The maximum Gasteiger partial charge on any atom is -0.0157 e. The van der Waals surface area contributed by atoms with Crippen LogP contribution in [0.25, 0.3) is 0 Å². The molecule has 0 unspecified atom stereocenters. The first-order valence-corrected chi connectivity index (χ1v) is 6.20. The first kappa shape index (κ1) is 10.5. The number of rotatable bonds is 5. The molecule has 15 heavy (non-hydrogen) atoms. The molecule has 0 radical (unpaired) electrons. The summed E-state index contributed by atoms with van der Waals surface area (Å²) in [6.45, 7) is 2.27. The van der Waals surface area contributed by atoms with E-state index in [1.165, 1.54) is 43.3 Å². The average Bonchev–Trinajstić information content (AvgIpc) is 2.68. The topological polar surface area (TPSA) is 0 Å². The lowest BCUT2D eigenvalue weighted by molar-refractivity contribution is 0.667. The van der Waals surface area contributed by atoms with Gasteiger partial charge in [-0.25, -0.2) is 0 Å². The van der Waals surface area contributed by atoms with Gasteiger partial charge in [-0.05, 0) is 36.0 Å². The normalized spacial score (nSPS) is 18.3. The predicted molar refractivity (Wildman–Crippen MR) is 66.8 cm³/mol. The van der Waals surface area contributed by atoms with Crippen molar-refractivity contribution in [1.29, 1.82) is 0 Å². The van der Waals surface area contributed by atoms with Gasteiger partial charge in [-0.15, -0.1) is 0 Å². The van der Waals surface area contributed by atoms with Crippen molar-refractivity contribution in [1.82, 2.24) is 0 Å². The zero-order chi connectivity index (χ0) is 10.5. The molecule has 0 heterocycles. The van der Waals surface area contributed by atoms with Crippen molar-refractivity contribution < 1.29 is 0 Å². The number of unbranched alkanes of at least 4 members (excludes halogenated alkanes) is 3. The summed E-state index contributed by atoms with van der Waals surface area (Å²) >= 11 is 0. The Morgan fingerprint density at radius 1 is 1.13 bits per heavy atom. The number of hydrogen-bond acceptors (Lipinski definition) is 0. The van der Waals surface area contributed by atoms with Gasteiger partial charge < -0.3 is 0 Å². The molecular weight excluding hydrogens is 180 g/mol. The van der Waals surface area contributed by atoms with Crippen LogP contribution in [0.3, 0.4) is 0 Å². The van der Waals surface area contributed by atoms with Crippen molar-refractivity contribution in [3.8, 4) is 0 Å². The third-order valence-corrected chi connectivity index (χ3v) is 3.18. The van der Waals surface area contributed by atoms with E-state index in [1.807, 2.05) is 0 Å². The van der Waals surface area contributed by atoms with Crippen molar-refractivity contribution in [2.75, 3.05) is 0 Å². The first-order chi connectivity index (χ1) is 7.42. The first-order valence-electron chi connectivity index (χ1n) is 6.20. The monoisotopic (exact) mass is 200 g/mol. The van der Waals surface area contributed by atoms with Gasteiger partial charge in [0, 0.05) is 0 Å². The Labute approximate surface area is 93.1 Å². The molecule has 0 aromatic rings. The number of allylic oxidation sites excluding steroid dienone is 8. The van der Waals surface area contributed by atoms with Crippen molar-refractivity contribution in [3.63, 3.8) is 0 Å². The maximum atomic E-state index is 2.37. The molecule has 0 N–H and O–H groups in total. The van der Waals surface area contributed by atoms with Gasteiger partial charge >= 0.3 is 0 Å². The fraction of sp³-hybridized carbons (Fsp3) is 0.467. The lowest BCUT2D eigenvalue weighted by Crippen LogP contribution is -1.92. The Morgan fingerprint density at radius 3 is 2.93 bits per heavy atom. The number of hydrogen-bond donors (Lipinski definition) is 0. The Kier molecular flexibility index (Phi) is 3.60. The van der Waals surface area contributed by atoms with Crippen LogP contribution in [-0.4, -0.2) is 0 Å². The zero-order valence-electron chi connectivity index (χ0n) is 9.63. The van der Waals surface area contributed by atoms with Gasteiger partial charge in [0.1, 0.15) is 0 Å². The molecule has 80 valence electrons. The Hall–Kier alpha value is -1.04. The van der Waals surface area contributed by atoms with Crippen molar-refractivity contribution in [2.45, 2.75) is 45.4 Å². The molecular formula is C15H20. The molecule has 0 bridgehead atoms. The van der Waals surface area contributed by atoms with Crippen molar-refractivity contribution in [2.24, 2.45) is 0 Å². The van der Waals surface area contributed by atoms with Gasteiger partial charge in [0.25, 0.3) is 0 Å². The highest BCUT2D eigenvalue weighted by Gasteiger charge is 2.14. The lowest BCUT2D eigenvalue weighted by atomic mass is 9.94. The molecule has 2 aliphatic rings. The second-order valence-corrected chi connectivity index (χ2v) is 4.38. The van der Waals surface area contributed by atoms with E-state index in [0.29, 0.717) is 0 Å². The van der Waals surface area contributed by atoms with Gasteiger partial charge in [-0.2, -0.15) is 0 Å². The van der Waals surface area contributed by atoms with Crippen LogP contribution >= 0.6 is 0 Å². The van der Waals surface area contributed by atoms with E-state index < -0.39 is 0 Å². The lowest BCUT2D eigenvalue weighted by Gasteiger charge is -2.11. The van der Waals surface area contributed by atoms with Crippen LogP contribution in [0, 0.1) is 0 Å². The van der Waals surface area contributed by atoms with Crippen LogP contribution in [-0.2, 0) is 0 Å². The van der Waals surface area contributed by atoms with E-state index in [9.17, 15) is 0 Å². The maximum absolute atomic E-state index is 2.37. The molecule has 2 rings (SSSR count). The molecule has 0 saturated carbocycles. The van der Waals surface area contributed by atoms with E-state index in [4.69, 9.17) is 0 Å². The Morgan fingerprint density at radius 2 is 2.07 bits per heavy atom. The fourth-order valence-electron chi connectivity index (χ4n) is 2.29. The summed E-state index contributed by atoms with van der Waals surface area (Å²) in [5.74, 6) is 0. The smallest absolute Gasteiger partial charge is 0.0157 e. The minimum Gasteiger partial charge on any atom is -0.0801 e. The highest BCUT2D eigenvalue weighted by Crippen LogP contribution is 2.33. The van der Waals surface area contributed by atoms with Gasteiger partial charge in [-0.1, -0.05) is 56.6 Å². The minimum atomic E-state index is 1.11. The largest absolute Gasteiger partial charge is 0.0801 e. The van der Waals surface area contributed by atoms with Gasteiger partial charge in [0.15, 0.2) is 0 Å². The summed E-state index contributed by atoms with van der Waals surface area (Å²) in [5.41, 5.74) is 4.49. The molecule has 0 aromatic carbocycles. The third kappa shape index (κ3) is 2.50. The van der Waals surface area contributed by atoms with Gasteiger partial charge in [0.05, 0.1) is 0 Å². The van der Waals surface area contributed by atoms with Crippen LogP contribution in [0.4, 0.5) is 0 Å². The summed E-state index contributed by atoms with van der Waals surface area (Å²) in [4.78, 5) is 0. The van der Waals surface area contributed by atoms with E-state index in [1.54, 1.807) is 5.57 Å².